The normalized spacial score (nSPS) is 17.0. The fraction of sp³-hybridized carbons (Fsp3) is 0.316. The smallest absolute Gasteiger partial charge is 0.152 e. The highest BCUT2D eigenvalue weighted by molar-refractivity contribution is 5.86. The molecule has 1 N–H and O–H groups in total. The largest absolute Gasteiger partial charge is 0.377 e. The van der Waals surface area contributed by atoms with Gasteiger partial charge in [-0.05, 0) is 61.9 Å². The summed E-state index contributed by atoms with van der Waals surface area (Å²) >= 11 is 0. The van der Waals surface area contributed by atoms with Crippen molar-refractivity contribution in [1.29, 1.82) is 0 Å². The maximum absolute atomic E-state index is 11.3. The van der Waals surface area contributed by atoms with E-state index >= 15 is 0 Å². The Balaban J connectivity index is 2.02. The lowest BCUT2D eigenvalue weighted by atomic mass is 9.87. The second kappa shape index (κ2) is 5.36. The summed E-state index contributed by atoms with van der Waals surface area (Å²) in [6.07, 6.45) is 3.03. The lowest BCUT2D eigenvalue weighted by Crippen LogP contribution is -2.21. The van der Waals surface area contributed by atoms with E-state index in [0.717, 1.165) is 30.4 Å². The van der Waals surface area contributed by atoms with E-state index in [1.165, 1.54) is 27.8 Å². The molecule has 21 heavy (non-hydrogen) atoms. The first-order valence-corrected chi connectivity index (χ1v) is 7.51. The molecule has 108 valence electrons. The number of aldehydes is 1. The molecule has 0 saturated heterocycles. The third-order valence-corrected chi connectivity index (χ3v) is 4.42. The van der Waals surface area contributed by atoms with Crippen molar-refractivity contribution in [2.24, 2.45) is 0 Å². The number of hydrogen-bond acceptors (Lipinski definition) is 2. The van der Waals surface area contributed by atoms with Crippen LogP contribution in [-0.4, -0.2) is 6.29 Å². The van der Waals surface area contributed by atoms with Crippen LogP contribution >= 0.6 is 0 Å². The van der Waals surface area contributed by atoms with Crippen LogP contribution in [0, 0.1) is 20.8 Å². The molecule has 3 rings (SSSR count). The van der Waals surface area contributed by atoms with Crippen LogP contribution in [0.1, 0.15) is 50.6 Å². The van der Waals surface area contributed by atoms with Crippen molar-refractivity contribution in [3.8, 4) is 0 Å². The van der Waals surface area contributed by atoms with E-state index in [0.29, 0.717) is 6.04 Å². The highest BCUT2D eigenvalue weighted by Gasteiger charge is 2.23. The van der Waals surface area contributed by atoms with Crippen LogP contribution in [-0.2, 0) is 6.42 Å². The van der Waals surface area contributed by atoms with Gasteiger partial charge in [0.2, 0.25) is 0 Å². The zero-order valence-corrected chi connectivity index (χ0v) is 12.9. The van der Waals surface area contributed by atoms with Gasteiger partial charge in [-0.3, -0.25) is 4.79 Å². The molecule has 0 aliphatic carbocycles. The molecule has 1 aliphatic heterocycles. The van der Waals surface area contributed by atoms with Crippen LogP contribution in [0.4, 0.5) is 5.69 Å². The van der Waals surface area contributed by atoms with Gasteiger partial charge < -0.3 is 5.32 Å². The van der Waals surface area contributed by atoms with Gasteiger partial charge in [0.1, 0.15) is 0 Å². The Labute approximate surface area is 126 Å². The van der Waals surface area contributed by atoms with Crippen LogP contribution < -0.4 is 5.32 Å². The summed E-state index contributed by atoms with van der Waals surface area (Å²) in [5.41, 5.74) is 8.38. The highest BCUT2D eigenvalue weighted by Crippen LogP contribution is 2.36. The van der Waals surface area contributed by atoms with E-state index < -0.39 is 0 Å². The minimum atomic E-state index is 0.291. The molecule has 1 aliphatic rings. The molecule has 1 heterocycles. The number of rotatable bonds is 2. The molecule has 2 aromatic rings. The quantitative estimate of drug-likeness (QED) is 0.819. The number of hydrogen-bond donors (Lipinski definition) is 1. The van der Waals surface area contributed by atoms with E-state index in [2.05, 4.69) is 44.3 Å². The number of carbonyl (C=O) groups is 1. The molecular formula is C19H21NO. The first kappa shape index (κ1) is 13.9. The van der Waals surface area contributed by atoms with Crippen molar-refractivity contribution in [2.75, 3.05) is 5.32 Å². The van der Waals surface area contributed by atoms with Crippen molar-refractivity contribution in [3.05, 3.63) is 63.7 Å². The summed E-state index contributed by atoms with van der Waals surface area (Å²) in [6, 6.07) is 10.7. The van der Waals surface area contributed by atoms with E-state index in [1.54, 1.807) is 0 Å². The van der Waals surface area contributed by atoms with Gasteiger partial charge in [-0.15, -0.1) is 0 Å². The summed E-state index contributed by atoms with van der Waals surface area (Å²) in [5.74, 6) is 0. The van der Waals surface area contributed by atoms with E-state index in [9.17, 15) is 4.79 Å². The predicted octanol–water partition coefficient (Wildman–Crippen LogP) is 4.52. The third kappa shape index (κ3) is 2.46. The first-order chi connectivity index (χ1) is 10.1. The lowest BCUT2D eigenvalue weighted by Gasteiger charge is -2.30. The second-order valence-electron chi connectivity index (χ2n) is 6.05. The predicted molar refractivity (Wildman–Crippen MR) is 87.2 cm³/mol. The number of para-hydroxylation sites is 1. The molecule has 2 heteroatoms. The summed E-state index contributed by atoms with van der Waals surface area (Å²) < 4.78 is 0. The number of benzene rings is 2. The van der Waals surface area contributed by atoms with E-state index in [4.69, 9.17) is 0 Å². The number of aryl methyl sites for hydroxylation is 4. The molecule has 0 fully saturated rings. The fourth-order valence-electron chi connectivity index (χ4n) is 3.61. The van der Waals surface area contributed by atoms with Crippen molar-refractivity contribution in [1.82, 2.24) is 0 Å². The Morgan fingerprint density at radius 2 is 1.86 bits per heavy atom. The van der Waals surface area contributed by atoms with Crippen LogP contribution in [0.3, 0.4) is 0 Å². The zero-order chi connectivity index (χ0) is 15.0. The fourth-order valence-corrected chi connectivity index (χ4v) is 3.61. The van der Waals surface area contributed by atoms with Crippen LogP contribution in [0.15, 0.2) is 30.3 Å². The molecule has 0 aromatic heterocycles. The number of anilines is 1. The molecular weight excluding hydrogens is 258 g/mol. The van der Waals surface area contributed by atoms with Gasteiger partial charge in [-0.25, -0.2) is 0 Å². The Morgan fingerprint density at radius 3 is 2.52 bits per heavy atom. The van der Waals surface area contributed by atoms with Gasteiger partial charge in [0.05, 0.1) is 6.04 Å². The molecule has 2 aromatic carbocycles. The molecule has 0 spiro atoms. The lowest BCUT2D eigenvalue weighted by molar-refractivity contribution is 0.112. The third-order valence-electron chi connectivity index (χ3n) is 4.42. The number of fused-ring (bicyclic) bond motifs is 1. The Bertz CT molecular complexity index is 680. The van der Waals surface area contributed by atoms with Crippen LogP contribution in [0.5, 0.6) is 0 Å². The number of nitrogens with one attached hydrogen (secondary N) is 1. The van der Waals surface area contributed by atoms with Gasteiger partial charge in [-0.1, -0.05) is 29.8 Å². The summed E-state index contributed by atoms with van der Waals surface area (Å²) in [5, 5.41) is 3.60. The average molecular weight is 279 g/mol. The van der Waals surface area contributed by atoms with Gasteiger partial charge >= 0.3 is 0 Å². The minimum absolute atomic E-state index is 0.291. The Kier molecular flexibility index (Phi) is 3.54. The Morgan fingerprint density at radius 1 is 1.14 bits per heavy atom. The van der Waals surface area contributed by atoms with Crippen molar-refractivity contribution >= 4 is 12.0 Å². The zero-order valence-electron chi connectivity index (χ0n) is 12.9. The molecule has 2 nitrogen and oxygen atoms in total. The molecule has 0 bridgehead atoms. The molecule has 0 amide bonds. The summed E-state index contributed by atoms with van der Waals surface area (Å²) in [6.45, 7) is 6.49. The Hall–Kier alpha value is -2.09. The molecule has 1 unspecified atom stereocenters. The second-order valence-corrected chi connectivity index (χ2v) is 6.05. The highest BCUT2D eigenvalue weighted by atomic mass is 16.1. The van der Waals surface area contributed by atoms with E-state index in [-0.39, 0.29) is 0 Å². The van der Waals surface area contributed by atoms with E-state index in [1.807, 2.05) is 12.1 Å². The van der Waals surface area contributed by atoms with Crippen LogP contribution in [0.2, 0.25) is 0 Å². The van der Waals surface area contributed by atoms with Crippen molar-refractivity contribution < 1.29 is 4.79 Å². The van der Waals surface area contributed by atoms with Crippen molar-refractivity contribution in [3.63, 3.8) is 0 Å². The molecule has 1 atom stereocenters. The summed E-state index contributed by atoms with van der Waals surface area (Å²) in [7, 11) is 0. The number of carbonyl (C=O) groups excluding carboxylic acids is 1. The van der Waals surface area contributed by atoms with Crippen molar-refractivity contribution in [2.45, 2.75) is 39.7 Å². The topological polar surface area (TPSA) is 29.1 Å². The SMILES string of the molecule is Cc1cc(C)c(C2CCc3cccc(C=O)c3N2)c(C)c1. The molecule has 0 radical (unpaired) electrons. The standard InChI is InChI=1S/C19H21NO/c1-12-9-13(2)18(14(3)10-12)17-8-7-15-5-4-6-16(11-21)19(15)20-17/h4-6,9-11,17,20H,7-8H2,1-3H3. The van der Waals surface area contributed by atoms with Crippen LogP contribution in [0.25, 0.3) is 0 Å². The minimum Gasteiger partial charge on any atom is -0.377 e. The maximum Gasteiger partial charge on any atom is 0.152 e. The van der Waals surface area contributed by atoms with Gasteiger partial charge in [0, 0.05) is 11.3 Å². The summed E-state index contributed by atoms with van der Waals surface area (Å²) in [4.78, 5) is 11.3. The first-order valence-electron chi connectivity index (χ1n) is 7.51. The van der Waals surface area contributed by atoms with Gasteiger partial charge in [0.15, 0.2) is 6.29 Å². The van der Waals surface area contributed by atoms with Gasteiger partial charge in [0.25, 0.3) is 0 Å². The average Bonchev–Trinajstić information content (AvgIpc) is 2.45. The van der Waals surface area contributed by atoms with Gasteiger partial charge in [-0.2, -0.15) is 0 Å². The molecule has 0 saturated carbocycles. The monoisotopic (exact) mass is 279 g/mol. The maximum atomic E-state index is 11.3.